The van der Waals surface area contributed by atoms with Crippen LogP contribution in [0.2, 0.25) is 0 Å². The normalized spacial score (nSPS) is 12.0. The smallest absolute Gasteiger partial charge is 0.291 e. The number of nitrogen functional groups attached to an aromatic ring is 1. The highest BCUT2D eigenvalue weighted by Gasteiger charge is 2.18. The summed E-state index contributed by atoms with van der Waals surface area (Å²) in [5, 5.41) is 9.51. The first-order valence-electron chi connectivity index (χ1n) is 8.19. The Morgan fingerprint density at radius 3 is 2.65 bits per heavy atom. The van der Waals surface area contributed by atoms with Crippen LogP contribution in [0.15, 0.2) is 36.4 Å². The summed E-state index contributed by atoms with van der Waals surface area (Å²) in [5.74, 6) is 0.555. The van der Waals surface area contributed by atoms with Crippen LogP contribution in [0.1, 0.15) is 44.9 Å². The number of carbonyl (C=O) groups excluding carboxylic acids is 1. The molecule has 2 aromatic heterocycles. The van der Waals surface area contributed by atoms with Crippen molar-refractivity contribution in [2.45, 2.75) is 26.4 Å². The van der Waals surface area contributed by atoms with Gasteiger partial charge < -0.3 is 16.8 Å². The predicted molar refractivity (Wildman–Crippen MR) is 98.1 cm³/mol. The molecule has 0 aliphatic heterocycles. The Kier molecular flexibility index (Phi) is 4.94. The topological polar surface area (TPSA) is 136 Å². The fourth-order valence-corrected chi connectivity index (χ4v) is 2.74. The fourth-order valence-electron chi connectivity index (χ4n) is 2.74. The monoisotopic (exact) mass is 351 g/mol. The van der Waals surface area contributed by atoms with E-state index in [0.717, 1.165) is 22.4 Å². The van der Waals surface area contributed by atoms with Crippen molar-refractivity contribution >= 4 is 11.7 Å². The SMILES string of the molecule is Cc1cc(N)nc(C)c1CNC(=O)c1n[nH]c(C(N)c2ccccc2)n1. The molecule has 0 radical (unpaired) electrons. The van der Waals surface area contributed by atoms with E-state index in [2.05, 4.69) is 25.5 Å². The molecular formula is C18H21N7O. The quantitative estimate of drug-likeness (QED) is 0.548. The van der Waals surface area contributed by atoms with Gasteiger partial charge in [0.25, 0.3) is 5.91 Å². The van der Waals surface area contributed by atoms with Crippen LogP contribution in [0.4, 0.5) is 5.82 Å². The highest BCUT2D eigenvalue weighted by atomic mass is 16.2. The number of nitrogens with two attached hydrogens (primary N) is 2. The number of aryl methyl sites for hydroxylation is 2. The number of aromatic nitrogens is 4. The minimum atomic E-state index is -0.476. The van der Waals surface area contributed by atoms with Crippen molar-refractivity contribution in [2.24, 2.45) is 5.73 Å². The molecule has 1 atom stereocenters. The molecule has 6 N–H and O–H groups in total. The van der Waals surface area contributed by atoms with E-state index < -0.39 is 6.04 Å². The largest absolute Gasteiger partial charge is 0.384 e. The van der Waals surface area contributed by atoms with Gasteiger partial charge in [-0.05, 0) is 36.6 Å². The molecule has 1 unspecified atom stereocenters. The van der Waals surface area contributed by atoms with Crippen molar-refractivity contribution in [3.05, 3.63) is 70.4 Å². The van der Waals surface area contributed by atoms with Gasteiger partial charge in [0.15, 0.2) is 0 Å². The van der Waals surface area contributed by atoms with Crippen molar-refractivity contribution in [1.82, 2.24) is 25.5 Å². The van der Waals surface area contributed by atoms with E-state index in [9.17, 15) is 4.79 Å². The second-order valence-corrected chi connectivity index (χ2v) is 6.04. The van der Waals surface area contributed by atoms with Gasteiger partial charge in [-0.25, -0.2) is 9.97 Å². The van der Waals surface area contributed by atoms with Gasteiger partial charge in [0.2, 0.25) is 5.82 Å². The molecule has 3 rings (SSSR count). The summed E-state index contributed by atoms with van der Waals surface area (Å²) in [5.41, 5.74) is 15.4. The lowest BCUT2D eigenvalue weighted by atomic mass is 10.1. The summed E-state index contributed by atoms with van der Waals surface area (Å²) in [6.07, 6.45) is 0. The molecule has 1 amide bonds. The van der Waals surface area contributed by atoms with E-state index >= 15 is 0 Å². The lowest BCUT2D eigenvalue weighted by Crippen LogP contribution is -2.25. The van der Waals surface area contributed by atoms with Crippen molar-refractivity contribution < 1.29 is 4.79 Å². The molecule has 0 saturated heterocycles. The summed E-state index contributed by atoms with van der Waals surface area (Å²) in [6, 6.07) is 10.8. The first-order valence-corrected chi connectivity index (χ1v) is 8.19. The van der Waals surface area contributed by atoms with Gasteiger partial charge in [-0.15, -0.1) is 5.10 Å². The van der Waals surface area contributed by atoms with Gasteiger partial charge in [-0.1, -0.05) is 30.3 Å². The molecule has 1 aromatic carbocycles. The number of pyridine rings is 1. The maximum atomic E-state index is 12.3. The van der Waals surface area contributed by atoms with Crippen LogP contribution in [0.25, 0.3) is 0 Å². The minimum Gasteiger partial charge on any atom is -0.384 e. The Balaban J connectivity index is 1.69. The van der Waals surface area contributed by atoms with E-state index in [0.29, 0.717) is 18.2 Å². The molecular weight excluding hydrogens is 330 g/mol. The molecule has 8 nitrogen and oxygen atoms in total. The molecule has 2 heterocycles. The average molecular weight is 351 g/mol. The summed E-state index contributed by atoms with van der Waals surface area (Å²) in [4.78, 5) is 20.8. The Bertz CT molecular complexity index is 897. The van der Waals surface area contributed by atoms with E-state index in [1.54, 1.807) is 6.07 Å². The summed E-state index contributed by atoms with van der Waals surface area (Å²) in [6.45, 7) is 4.10. The molecule has 0 aliphatic carbocycles. The van der Waals surface area contributed by atoms with E-state index in [-0.39, 0.29) is 11.7 Å². The van der Waals surface area contributed by atoms with E-state index in [1.165, 1.54) is 0 Å². The Morgan fingerprint density at radius 1 is 1.23 bits per heavy atom. The van der Waals surface area contributed by atoms with Crippen LogP contribution in [0.5, 0.6) is 0 Å². The van der Waals surface area contributed by atoms with Crippen LogP contribution >= 0.6 is 0 Å². The van der Waals surface area contributed by atoms with Crippen molar-refractivity contribution in [2.75, 3.05) is 5.73 Å². The Hall–Kier alpha value is -3.26. The number of nitrogens with zero attached hydrogens (tertiary/aromatic N) is 3. The van der Waals surface area contributed by atoms with Crippen LogP contribution in [0.3, 0.4) is 0 Å². The molecule has 3 aromatic rings. The number of nitrogens with one attached hydrogen (secondary N) is 2. The second-order valence-electron chi connectivity index (χ2n) is 6.04. The summed E-state index contributed by atoms with van der Waals surface area (Å²) < 4.78 is 0. The van der Waals surface area contributed by atoms with Crippen molar-refractivity contribution in [3.63, 3.8) is 0 Å². The van der Waals surface area contributed by atoms with Gasteiger partial charge in [0, 0.05) is 12.2 Å². The lowest BCUT2D eigenvalue weighted by Gasteiger charge is -2.10. The Morgan fingerprint density at radius 2 is 1.96 bits per heavy atom. The van der Waals surface area contributed by atoms with Gasteiger partial charge >= 0.3 is 0 Å². The molecule has 0 saturated carbocycles. The second kappa shape index (κ2) is 7.32. The van der Waals surface area contributed by atoms with Crippen LogP contribution in [-0.4, -0.2) is 26.1 Å². The third-order valence-corrected chi connectivity index (χ3v) is 4.16. The average Bonchev–Trinajstić information content (AvgIpc) is 3.11. The standard InChI is InChI=1S/C18H21N7O/c1-10-8-14(19)22-11(2)13(10)9-21-18(26)17-23-16(24-25-17)15(20)12-6-4-3-5-7-12/h3-8,15H,9,20H2,1-2H3,(H2,19,22)(H,21,26)(H,23,24,25). The van der Waals surface area contributed by atoms with E-state index in [1.807, 2.05) is 44.2 Å². The maximum absolute atomic E-state index is 12.3. The highest BCUT2D eigenvalue weighted by Crippen LogP contribution is 2.16. The van der Waals surface area contributed by atoms with Crippen LogP contribution in [-0.2, 0) is 6.54 Å². The number of aromatic amines is 1. The van der Waals surface area contributed by atoms with E-state index in [4.69, 9.17) is 11.5 Å². The number of carbonyl (C=O) groups is 1. The molecule has 8 heteroatoms. The van der Waals surface area contributed by atoms with Crippen LogP contribution in [0, 0.1) is 13.8 Å². The van der Waals surface area contributed by atoms with Gasteiger partial charge in [0.1, 0.15) is 11.6 Å². The molecule has 26 heavy (non-hydrogen) atoms. The van der Waals surface area contributed by atoms with Gasteiger partial charge in [-0.2, -0.15) is 0 Å². The van der Waals surface area contributed by atoms with Crippen molar-refractivity contribution in [3.8, 4) is 0 Å². The zero-order chi connectivity index (χ0) is 18.7. The van der Waals surface area contributed by atoms with Gasteiger partial charge in [-0.3, -0.25) is 9.89 Å². The molecule has 0 bridgehead atoms. The number of hydrogen-bond acceptors (Lipinski definition) is 6. The minimum absolute atomic E-state index is 0.0464. The number of benzene rings is 1. The molecule has 0 fully saturated rings. The molecule has 0 aliphatic rings. The molecule has 134 valence electrons. The first-order chi connectivity index (χ1) is 12.5. The zero-order valence-electron chi connectivity index (χ0n) is 14.7. The summed E-state index contributed by atoms with van der Waals surface area (Å²) >= 11 is 0. The predicted octanol–water partition coefficient (Wildman–Crippen LogP) is 1.38. The number of anilines is 1. The summed E-state index contributed by atoms with van der Waals surface area (Å²) in [7, 11) is 0. The third-order valence-electron chi connectivity index (χ3n) is 4.16. The maximum Gasteiger partial charge on any atom is 0.291 e. The van der Waals surface area contributed by atoms with Crippen LogP contribution < -0.4 is 16.8 Å². The third kappa shape index (κ3) is 3.70. The number of rotatable bonds is 5. The molecule has 0 spiro atoms. The highest BCUT2D eigenvalue weighted by molar-refractivity contribution is 5.90. The number of H-pyrrole nitrogens is 1. The zero-order valence-corrected chi connectivity index (χ0v) is 14.7. The lowest BCUT2D eigenvalue weighted by molar-refractivity contribution is 0.0940. The number of hydrogen-bond donors (Lipinski definition) is 4. The van der Waals surface area contributed by atoms with Crippen molar-refractivity contribution in [1.29, 1.82) is 0 Å². The van der Waals surface area contributed by atoms with Gasteiger partial charge in [0.05, 0.1) is 6.04 Å². The fraction of sp³-hybridized carbons (Fsp3) is 0.222. The number of amides is 1. The first kappa shape index (κ1) is 17.6. The Labute approximate surface area is 151 Å².